The van der Waals surface area contributed by atoms with Crippen molar-refractivity contribution in [3.8, 4) is 11.5 Å². The molecule has 3 rings (SSSR count). The van der Waals surface area contributed by atoms with E-state index in [1.807, 2.05) is 13.0 Å². The van der Waals surface area contributed by atoms with Gasteiger partial charge in [-0.25, -0.2) is 9.97 Å². The van der Waals surface area contributed by atoms with Gasteiger partial charge in [-0.3, -0.25) is 0 Å². The molecule has 1 aliphatic rings. The van der Waals surface area contributed by atoms with E-state index in [4.69, 9.17) is 4.74 Å². The molecule has 24 heavy (non-hydrogen) atoms. The van der Waals surface area contributed by atoms with Crippen molar-refractivity contribution in [3.63, 3.8) is 0 Å². The average Bonchev–Trinajstić information content (AvgIpc) is 3.10. The Morgan fingerprint density at radius 3 is 2.83 bits per heavy atom. The molecule has 0 aliphatic carbocycles. The number of rotatable bonds is 7. The fraction of sp³-hybridized carbons (Fsp3) is 0.529. The molecular weight excluding hydrogens is 326 g/mol. The number of halogens is 1. The van der Waals surface area contributed by atoms with Crippen LogP contribution in [0.1, 0.15) is 30.5 Å². The van der Waals surface area contributed by atoms with Crippen molar-refractivity contribution in [2.24, 2.45) is 0 Å². The monoisotopic (exact) mass is 349 g/mol. The number of aromatic nitrogens is 4. The van der Waals surface area contributed by atoms with Crippen molar-refractivity contribution in [1.82, 2.24) is 25.5 Å². The Morgan fingerprint density at radius 1 is 1.25 bits per heavy atom. The average molecular weight is 350 g/mol. The molecule has 3 heterocycles. The van der Waals surface area contributed by atoms with Crippen LogP contribution in [0.4, 0.5) is 0 Å². The number of nitrogens with one attached hydrogen (secondary N) is 1. The summed E-state index contributed by atoms with van der Waals surface area (Å²) in [6, 6.07) is 4.37. The van der Waals surface area contributed by atoms with Crippen molar-refractivity contribution in [2.45, 2.75) is 38.6 Å². The summed E-state index contributed by atoms with van der Waals surface area (Å²) in [6.45, 7) is 4.70. The minimum Gasteiger partial charge on any atom is -0.380 e. The summed E-state index contributed by atoms with van der Waals surface area (Å²) in [5, 5.41) is 11.9. The molecule has 0 aromatic carbocycles. The summed E-state index contributed by atoms with van der Waals surface area (Å²) in [6.07, 6.45) is 7.84. The number of ether oxygens (including phenoxy) is 1. The summed E-state index contributed by atoms with van der Waals surface area (Å²) in [5.41, 5.74) is 2.87. The fourth-order valence-electron chi connectivity index (χ4n) is 2.77. The van der Waals surface area contributed by atoms with E-state index in [0.29, 0.717) is 11.9 Å². The van der Waals surface area contributed by atoms with Crippen molar-refractivity contribution in [2.75, 3.05) is 19.8 Å². The SMILES string of the molecule is Cc1nnc(-c2ncccn2)cc1CCCOC[C@@H]1CCCN1.Cl. The molecule has 1 N–H and O–H groups in total. The molecule has 2 aromatic heterocycles. The highest BCUT2D eigenvalue weighted by Gasteiger charge is 2.13. The van der Waals surface area contributed by atoms with Gasteiger partial charge in [0.15, 0.2) is 5.82 Å². The van der Waals surface area contributed by atoms with E-state index in [0.717, 1.165) is 44.0 Å². The van der Waals surface area contributed by atoms with Crippen molar-refractivity contribution < 1.29 is 4.74 Å². The molecule has 130 valence electrons. The molecule has 1 aliphatic heterocycles. The normalized spacial score (nSPS) is 16.8. The zero-order chi connectivity index (χ0) is 15.9. The molecule has 7 heteroatoms. The van der Waals surface area contributed by atoms with Crippen LogP contribution >= 0.6 is 12.4 Å². The highest BCUT2D eigenvalue weighted by Crippen LogP contribution is 2.15. The zero-order valence-electron chi connectivity index (χ0n) is 13.9. The van der Waals surface area contributed by atoms with Crippen molar-refractivity contribution >= 4 is 12.4 Å². The Bertz CT molecular complexity index is 620. The molecule has 1 saturated heterocycles. The Morgan fingerprint density at radius 2 is 2.08 bits per heavy atom. The molecular formula is C17H24ClN5O. The Balaban J connectivity index is 0.00000208. The lowest BCUT2D eigenvalue weighted by Gasteiger charge is -2.11. The second-order valence-corrected chi connectivity index (χ2v) is 5.88. The first-order valence-corrected chi connectivity index (χ1v) is 8.24. The summed E-state index contributed by atoms with van der Waals surface area (Å²) in [4.78, 5) is 8.46. The van der Waals surface area contributed by atoms with Gasteiger partial charge in [0.05, 0.1) is 12.3 Å². The van der Waals surface area contributed by atoms with E-state index in [2.05, 4.69) is 25.5 Å². The van der Waals surface area contributed by atoms with Gasteiger partial charge in [-0.15, -0.1) is 17.5 Å². The highest BCUT2D eigenvalue weighted by atomic mass is 35.5. The van der Waals surface area contributed by atoms with Gasteiger partial charge in [0.25, 0.3) is 0 Å². The van der Waals surface area contributed by atoms with Gasteiger partial charge < -0.3 is 10.1 Å². The number of nitrogens with zero attached hydrogens (tertiary/aromatic N) is 4. The van der Waals surface area contributed by atoms with Crippen molar-refractivity contribution in [3.05, 3.63) is 35.8 Å². The zero-order valence-corrected chi connectivity index (χ0v) is 14.8. The van der Waals surface area contributed by atoms with Gasteiger partial charge in [0.1, 0.15) is 5.69 Å². The maximum absolute atomic E-state index is 5.77. The summed E-state index contributed by atoms with van der Waals surface area (Å²) in [7, 11) is 0. The highest BCUT2D eigenvalue weighted by molar-refractivity contribution is 5.85. The van der Waals surface area contributed by atoms with Crippen LogP contribution in [-0.2, 0) is 11.2 Å². The molecule has 0 bridgehead atoms. The first-order valence-electron chi connectivity index (χ1n) is 8.24. The predicted molar refractivity (Wildman–Crippen MR) is 95.2 cm³/mol. The van der Waals surface area contributed by atoms with Crippen LogP contribution in [0.3, 0.4) is 0 Å². The first kappa shape index (κ1) is 18.7. The Labute approximate surface area is 148 Å². The maximum Gasteiger partial charge on any atom is 0.180 e. The topological polar surface area (TPSA) is 72.8 Å². The quantitative estimate of drug-likeness (QED) is 0.774. The molecule has 0 unspecified atom stereocenters. The van der Waals surface area contributed by atoms with E-state index >= 15 is 0 Å². The summed E-state index contributed by atoms with van der Waals surface area (Å²) in [5.74, 6) is 0.616. The third-order valence-electron chi connectivity index (χ3n) is 4.09. The minimum atomic E-state index is 0. The van der Waals surface area contributed by atoms with Crippen LogP contribution in [0.5, 0.6) is 0 Å². The van der Waals surface area contributed by atoms with Crippen LogP contribution in [0, 0.1) is 6.92 Å². The van der Waals surface area contributed by atoms with Crippen LogP contribution in [-0.4, -0.2) is 46.0 Å². The Hall–Kier alpha value is -1.63. The second-order valence-electron chi connectivity index (χ2n) is 5.88. The molecule has 2 aromatic rings. The van der Waals surface area contributed by atoms with E-state index < -0.39 is 0 Å². The molecule has 0 amide bonds. The Kier molecular flexibility index (Phi) is 7.49. The van der Waals surface area contributed by atoms with Crippen LogP contribution in [0.25, 0.3) is 11.5 Å². The first-order chi connectivity index (χ1) is 11.3. The van der Waals surface area contributed by atoms with Gasteiger partial charge in [-0.05, 0) is 56.8 Å². The van der Waals surface area contributed by atoms with E-state index in [1.165, 1.54) is 18.4 Å². The standard InChI is InChI=1S/C17H23N5O.ClH/c1-13-14(5-3-10-23-12-15-6-2-7-18-15)11-16(22-21-13)17-19-8-4-9-20-17;/h4,8-9,11,15,18H,2-3,5-7,10,12H2,1H3;1H/t15-;/m0./s1. The third-order valence-corrected chi connectivity index (χ3v) is 4.09. The molecule has 0 saturated carbocycles. The number of hydrogen-bond acceptors (Lipinski definition) is 6. The smallest absolute Gasteiger partial charge is 0.180 e. The molecule has 1 fully saturated rings. The third kappa shape index (κ3) is 5.19. The van der Waals surface area contributed by atoms with E-state index in [9.17, 15) is 0 Å². The van der Waals surface area contributed by atoms with Crippen LogP contribution < -0.4 is 5.32 Å². The lowest BCUT2D eigenvalue weighted by atomic mass is 10.1. The largest absolute Gasteiger partial charge is 0.380 e. The molecule has 1 atom stereocenters. The van der Waals surface area contributed by atoms with Crippen LogP contribution in [0.15, 0.2) is 24.5 Å². The second kappa shape index (κ2) is 9.61. The lowest BCUT2D eigenvalue weighted by molar-refractivity contribution is 0.114. The minimum absolute atomic E-state index is 0. The van der Waals surface area contributed by atoms with Gasteiger partial charge >= 0.3 is 0 Å². The maximum atomic E-state index is 5.77. The van der Waals surface area contributed by atoms with E-state index in [1.54, 1.807) is 18.5 Å². The van der Waals surface area contributed by atoms with Gasteiger partial charge in [0.2, 0.25) is 0 Å². The van der Waals surface area contributed by atoms with Gasteiger partial charge in [-0.2, -0.15) is 5.10 Å². The molecule has 0 spiro atoms. The lowest BCUT2D eigenvalue weighted by Crippen LogP contribution is -2.26. The predicted octanol–water partition coefficient (Wildman–Crippen LogP) is 2.37. The van der Waals surface area contributed by atoms with Gasteiger partial charge in [0, 0.05) is 25.0 Å². The number of aryl methyl sites for hydroxylation is 2. The molecule has 0 radical (unpaired) electrons. The van der Waals surface area contributed by atoms with E-state index in [-0.39, 0.29) is 12.4 Å². The van der Waals surface area contributed by atoms with Crippen LogP contribution in [0.2, 0.25) is 0 Å². The summed E-state index contributed by atoms with van der Waals surface area (Å²) >= 11 is 0. The van der Waals surface area contributed by atoms with Crippen molar-refractivity contribution in [1.29, 1.82) is 0 Å². The van der Waals surface area contributed by atoms with Gasteiger partial charge in [-0.1, -0.05) is 0 Å². The molecule has 6 nitrogen and oxygen atoms in total. The number of hydrogen-bond donors (Lipinski definition) is 1. The summed E-state index contributed by atoms with van der Waals surface area (Å²) < 4.78 is 5.77. The fourth-order valence-corrected chi connectivity index (χ4v) is 2.77.